The zero-order chi connectivity index (χ0) is 34.5. The maximum absolute atomic E-state index is 17.0. The van der Waals surface area contributed by atoms with Crippen molar-refractivity contribution in [3.8, 4) is 35.2 Å². The Balaban J connectivity index is 1.12. The molecule has 2 aliphatic carbocycles. The number of piperidine rings is 2. The number of aromatic nitrogens is 2. The zero-order valence-electron chi connectivity index (χ0n) is 28.0. The lowest BCUT2D eigenvalue weighted by Crippen LogP contribution is -2.60. The highest BCUT2D eigenvalue weighted by Crippen LogP contribution is 2.50. The summed E-state index contributed by atoms with van der Waals surface area (Å²) in [5, 5.41) is 25.7. The summed E-state index contributed by atoms with van der Waals surface area (Å²) in [5.74, 6) is 0.163. The summed E-state index contributed by atoms with van der Waals surface area (Å²) in [5.41, 5.74) is -1.51. The van der Waals surface area contributed by atoms with Gasteiger partial charge in [-0.25, -0.2) is 13.2 Å². The van der Waals surface area contributed by atoms with Gasteiger partial charge in [0.15, 0.2) is 5.82 Å². The molecule has 0 radical (unpaired) electrons. The summed E-state index contributed by atoms with van der Waals surface area (Å²) in [6, 6.07) is 7.24. The third-order valence-electron chi connectivity index (χ3n) is 12.2. The molecule has 50 heavy (non-hydrogen) atoms. The van der Waals surface area contributed by atoms with Crippen LogP contribution in [0.4, 0.5) is 19.0 Å². The molecule has 4 aromatic rings. The maximum Gasteiger partial charge on any atom is 0.319 e. The number of phenolic OH excluding ortho intramolecular Hbond substituents is 1. The van der Waals surface area contributed by atoms with Crippen LogP contribution in [-0.4, -0.2) is 81.6 Å². The van der Waals surface area contributed by atoms with Gasteiger partial charge < -0.3 is 25.2 Å². The molecule has 2 saturated carbocycles. The first-order valence-corrected chi connectivity index (χ1v) is 17.7. The Morgan fingerprint density at radius 2 is 1.80 bits per heavy atom. The number of fused-ring (bicyclic) bond motifs is 7. The normalized spacial score (nSPS) is 28.4. The quantitative estimate of drug-likeness (QED) is 0.208. The van der Waals surface area contributed by atoms with Crippen molar-refractivity contribution in [3.05, 3.63) is 53.3 Å². The Bertz CT molecular complexity index is 2080. The van der Waals surface area contributed by atoms with Gasteiger partial charge >= 0.3 is 6.01 Å². The Kier molecular flexibility index (Phi) is 7.29. The van der Waals surface area contributed by atoms with Crippen LogP contribution < -0.4 is 15.0 Å². The Morgan fingerprint density at radius 3 is 2.48 bits per heavy atom. The van der Waals surface area contributed by atoms with Gasteiger partial charge in [-0.2, -0.15) is 9.97 Å². The van der Waals surface area contributed by atoms with Gasteiger partial charge in [0.1, 0.15) is 28.7 Å². The number of ether oxygens (including phenoxy) is 1. The highest BCUT2D eigenvalue weighted by atomic mass is 19.1. The lowest BCUT2D eigenvalue weighted by molar-refractivity contribution is -0.120. The number of terminal acetylenes is 1. The van der Waals surface area contributed by atoms with Crippen LogP contribution in [0.15, 0.2) is 30.3 Å². The van der Waals surface area contributed by atoms with E-state index in [0.29, 0.717) is 36.9 Å². The van der Waals surface area contributed by atoms with Crippen LogP contribution in [0.1, 0.15) is 57.4 Å². The number of piperazine rings is 1. The van der Waals surface area contributed by atoms with E-state index in [2.05, 4.69) is 26.0 Å². The molecule has 3 N–H and O–H groups in total. The van der Waals surface area contributed by atoms with Crippen molar-refractivity contribution >= 4 is 27.5 Å². The van der Waals surface area contributed by atoms with Gasteiger partial charge in [0.25, 0.3) is 0 Å². The number of rotatable bonds is 7. The Hall–Kier alpha value is -4.11. The molecular weight excluding hydrogens is 643 g/mol. The fourth-order valence-electron chi connectivity index (χ4n) is 9.29. The second-order valence-corrected chi connectivity index (χ2v) is 15.7. The molecule has 4 saturated heterocycles. The summed E-state index contributed by atoms with van der Waals surface area (Å²) in [6.07, 6.45) is 12.6. The summed E-state index contributed by atoms with van der Waals surface area (Å²) >= 11 is 0. The molecule has 4 bridgehead atoms. The number of aliphatic hydroxyl groups is 1. The molecule has 1 aromatic heterocycles. The van der Waals surface area contributed by atoms with E-state index in [1.807, 2.05) is 6.92 Å². The van der Waals surface area contributed by atoms with Crippen LogP contribution in [0.2, 0.25) is 0 Å². The number of hydrogen-bond donors (Lipinski definition) is 3. The second-order valence-electron chi connectivity index (χ2n) is 15.7. The number of nitrogens with one attached hydrogen (secondary N) is 1. The van der Waals surface area contributed by atoms with E-state index in [0.717, 1.165) is 58.0 Å². The standard InChI is InChI=1S/C39H40F3N5O3/c1-3-27-30(40)9-4-21-12-26(48)13-28(32(21)27)33-31(41)14-29-35(34(33)42)44-37(45-36(29)46-17-23-6-7-24(18-46)43-23)50-20-39(10-11-39)19-47-16-22-5-8-25(47)15-38(22,2)49/h1,4,9,12-14,22-25,43,48-49H,5-8,10-11,15-20H2,2H3. The summed E-state index contributed by atoms with van der Waals surface area (Å²) in [4.78, 5) is 14.0. The number of benzene rings is 3. The highest BCUT2D eigenvalue weighted by molar-refractivity contribution is 6.04. The van der Waals surface area contributed by atoms with Crippen LogP contribution >= 0.6 is 0 Å². The first-order valence-electron chi connectivity index (χ1n) is 17.7. The van der Waals surface area contributed by atoms with E-state index in [9.17, 15) is 14.6 Å². The molecule has 3 aromatic carbocycles. The predicted molar refractivity (Wildman–Crippen MR) is 185 cm³/mol. The van der Waals surface area contributed by atoms with Gasteiger partial charge in [-0.05, 0) is 81.5 Å². The zero-order valence-corrected chi connectivity index (χ0v) is 28.0. The largest absolute Gasteiger partial charge is 0.508 e. The number of nitrogens with zero attached hydrogens (tertiary/aromatic N) is 4. The first kappa shape index (κ1) is 31.8. The molecule has 5 unspecified atom stereocenters. The molecule has 260 valence electrons. The predicted octanol–water partition coefficient (Wildman–Crippen LogP) is 5.89. The van der Waals surface area contributed by atoms with Crippen LogP contribution in [0.3, 0.4) is 0 Å². The molecule has 5 atom stereocenters. The SMILES string of the molecule is C#Cc1c(F)ccc2cc(O)cc(-c3c(F)cc4c(N5CC6CCC(C5)N6)nc(OCC5(CN6CC7CCC6CC7(C)O)CC5)nc4c3F)c12. The average Bonchev–Trinajstić information content (AvgIpc) is 3.77. The lowest BCUT2D eigenvalue weighted by atomic mass is 9.69. The van der Waals surface area contributed by atoms with Crippen LogP contribution in [0, 0.1) is 41.1 Å². The maximum atomic E-state index is 17.0. The van der Waals surface area contributed by atoms with Crippen molar-refractivity contribution in [2.75, 3.05) is 37.7 Å². The number of halogens is 3. The van der Waals surface area contributed by atoms with E-state index in [4.69, 9.17) is 16.1 Å². The van der Waals surface area contributed by atoms with Gasteiger partial charge in [-0.1, -0.05) is 12.0 Å². The van der Waals surface area contributed by atoms with Gasteiger partial charge in [-0.15, -0.1) is 6.42 Å². The van der Waals surface area contributed by atoms with Gasteiger partial charge in [-0.3, -0.25) is 4.90 Å². The molecule has 0 amide bonds. The fraction of sp³-hybridized carbons (Fsp3) is 0.487. The van der Waals surface area contributed by atoms with Crippen LogP contribution in [-0.2, 0) is 0 Å². The molecule has 6 aliphatic rings. The van der Waals surface area contributed by atoms with Crippen molar-refractivity contribution in [2.45, 2.75) is 75.6 Å². The Morgan fingerprint density at radius 1 is 1.02 bits per heavy atom. The van der Waals surface area contributed by atoms with Gasteiger partial charge in [0, 0.05) is 72.0 Å². The van der Waals surface area contributed by atoms with Crippen molar-refractivity contribution in [3.63, 3.8) is 0 Å². The van der Waals surface area contributed by atoms with E-state index in [-0.39, 0.29) is 62.6 Å². The molecule has 0 spiro atoms. The molecule has 5 heterocycles. The average molecular weight is 684 g/mol. The van der Waals surface area contributed by atoms with Crippen LogP contribution in [0.5, 0.6) is 11.8 Å². The third-order valence-corrected chi connectivity index (χ3v) is 12.2. The molecule has 8 nitrogen and oxygen atoms in total. The van der Waals surface area contributed by atoms with Crippen molar-refractivity contribution < 1.29 is 28.1 Å². The molecular formula is C39H40F3N5O3. The number of hydrogen-bond acceptors (Lipinski definition) is 8. The number of aromatic hydroxyl groups is 1. The van der Waals surface area contributed by atoms with Crippen molar-refractivity contribution in [2.24, 2.45) is 11.3 Å². The van der Waals surface area contributed by atoms with Crippen molar-refractivity contribution in [1.29, 1.82) is 0 Å². The highest BCUT2D eigenvalue weighted by Gasteiger charge is 2.52. The molecule has 4 aliphatic heterocycles. The molecule has 11 heteroatoms. The number of anilines is 1. The van der Waals surface area contributed by atoms with E-state index < -0.39 is 28.6 Å². The minimum absolute atomic E-state index is 0.0142. The second kappa shape index (κ2) is 11.5. The summed E-state index contributed by atoms with van der Waals surface area (Å²) in [6.45, 7) is 5.29. The monoisotopic (exact) mass is 683 g/mol. The lowest BCUT2D eigenvalue weighted by Gasteiger charge is -2.53. The smallest absolute Gasteiger partial charge is 0.319 e. The summed E-state index contributed by atoms with van der Waals surface area (Å²) < 4.78 is 54.6. The van der Waals surface area contributed by atoms with Gasteiger partial charge in [0.2, 0.25) is 0 Å². The number of phenols is 1. The topological polar surface area (TPSA) is 94.0 Å². The first-order chi connectivity index (χ1) is 24.0. The summed E-state index contributed by atoms with van der Waals surface area (Å²) in [7, 11) is 0. The molecule has 10 rings (SSSR count). The minimum Gasteiger partial charge on any atom is -0.508 e. The van der Waals surface area contributed by atoms with Gasteiger partial charge in [0.05, 0.1) is 23.3 Å². The Labute approximate surface area is 288 Å². The van der Waals surface area contributed by atoms with E-state index in [1.165, 1.54) is 30.3 Å². The van der Waals surface area contributed by atoms with E-state index in [1.54, 1.807) is 0 Å². The van der Waals surface area contributed by atoms with Crippen LogP contribution in [0.25, 0.3) is 32.8 Å². The molecule has 6 fully saturated rings. The van der Waals surface area contributed by atoms with Crippen molar-refractivity contribution in [1.82, 2.24) is 20.2 Å². The fourth-order valence-corrected chi connectivity index (χ4v) is 9.29. The third kappa shape index (κ3) is 5.26. The minimum atomic E-state index is -0.969. The van der Waals surface area contributed by atoms with E-state index >= 15 is 8.78 Å².